The fraction of sp³-hybridized carbons (Fsp3) is 0.571. The molecule has 0 aliphatic carbocycles. The number of nitrogens with two attached hydrogens (primary N) is 1. The molecule has 20 heavy (non-hydrogen) atoms. The van der Waals surface area contributed by atoms with Gasteiger partial charge in [-0.3, -0.25) is 0 Å². The lowest BCUT2D eigenvalue weighted by molar-refractivity contribution is -0.133. The molecule has 1 aliphatic heterocycles. The Morgan fingerprint density at radius 2 is 1.85 bits per heavy atom. The van der Waals surface area contributed by atoms with E-state index in [1.54, 1.807) is 11.3 Å². The maximum Gasteiger partial charge on any atom is 0.223 e. The summed E-state index contributed by atoms with van der Waals surface area (Å²) in [5.41, 5.74) is 5.42. The van der Waals surface area contributed by atoms with Crippen molar-refractivity contribution >= 4 is 33.3 Å². The first-order valence-electron chi connectivity index (χ1n) is 6.72. The molecule has 0 radical (unpaired) electrons. The van der Waals surface area contributed by atoms with E-state index in [0.29, 0.717) is 5.95 Å². The third kappa shape index (κ3) is 2.45. The zero-order valence-electron chi connectivity index (χ0n) is 12.3. The number of fused-ring (bicyclic) bond motifs is 1. The van der Waals surface area contributed by atoms with Crippen LogP contribution < -0.4 is 10.6 Å². The van der Waals surface area contributed by atoms with Crippen LogP contribution in [0.5, 0.6) is 0 Å². The summed E-state index contributed by atoms with van der Waals surface area (Å²) in [6.45, 7) is 10.0. The predicted octanol–water partition coefficient (Wildman–Crippen LogP) is 2.67. The molecule has 1 fully saturated rings. The van der Waals surface area contributed by atoms with E-state index in [9.17, 15) is 0 Å². The summed E-state index contributed by atoms with van der Waals surface area (Å²) >= 11 is 1.59. The van der Waals surface area contributed by atoms with Crippen LogP contribution in [0, 0.1) is 0 Å². The van der Waals surface area contributed by atoms with Gasteiger partial charge in [0.15, 0.2) is 0 Å². The van der Waals surface area contributed by atoms with E-state index in [1.165, 1.54) is 0 Å². The van der Waals surface area contributed by atoms with Crippen molar-refractivity contribution in [3.05, 3.63) is 11.4 Å². The van der Waals surface area contributed by atoms with Crippen LogP contribution in [-0.4, -0.2) is 34.3 Å². The standard InChI is InChI=1S/C14H20N4OS/c1-13(2)7-18(8-14(3,4)19-13)10-9-5-6-20-11(9)17-12(15)16-10/h5-6H,7-8H2,1-4H3,(H2,15,16,17). The number of ether oxygens (including phenoxy) is 1. The highest BCUT2D eigenvalue weighted by Crippen LogP contribution is 2.35. The van der Waals surface area contributed by atoms with Gasteiger partial charge in [0.25, 0.3) is 0 Å². The van der Waals surface area contributed by atoms with Crippen LogP contribution in [0.4, 0.5) is 11.8 Å². The van der Waals surface area contributed by atoms with Gasteiger partial charge < -0.3 is 15.4 Å². The van der Waals surface area contributed by atoms with E-state index in [4.69, 9.17) is 10.5 Å². The minimum atomic E-state index is -0.218. The fourth-order valence-electron chi connectivity index (χ4n) is 3.03. The van der Waals surface area contributed by atoms with Crippen LogP contribution in [-0.2, 0) is 4.74 Å². The lowest BCUT2D eigenvalue weighted by atomic mass is 9.99. The molecule has 1 aliphatic rings. The van der Waals surface area contributed by atoms with Gasteiger partial charge in [0.1, 0.15) is 10.6 Å². The van der Waals surface area contributed by atoms with E-state index in [-0.39, 0.29) is 11.2 Å². The number of anilines is 2. The van der Waals surface area contributed by atoms with Crippen LogP contribution >= 0.6 is 11.3 Å². The predicted molar refractivity (Wildman–Crippen MR) is 83.3 cm³/mol. The lowest BCUT2D eigenvalue weighted by Gasteiger charge is -2.47. The highest BCUT2D eigenvalue weighted by Gasteiger charge is 2.39. The van der Waals surface area contributed by atoms with Crippen molar-refractivity contribution in [2.24, 2.45) is 0 Å². The molecule has 2 aromatic rings. The van der Waals surface area contributed by atoms with Gasteiger partial charge in [-0.05, 0) is 39.1 Å². The van der Waals surface area contributed by atoms with E-state index >= 15 is 0 Å². The quantitative estimate of drug-likeness (QED) is 0.875. The Kier molecular flexibility index (Phi) is 2.92. The summed E-state index contributed by atoms with van der Waals surface area (Å²) in [5.74, 6) is 1.25. The first-order chi connectivity index (χ1) is 9.26. The average molecular weight is 292 g/mol. The zero-order chi connectivity index (χ0) is 14.5. The smallest absolute Gasteiger partial charge is 0.223 e. The second-order valence-corrected chi connectivity index (χ2v) is 7.42. The largest absolute Gasteiger partial charge is 0.368 e. The number of nitrogen functional groups attached to an aromatic ring is 1. The summed E-state index contributed by atoms with van der Waals surface area (Å²) in [6, 6.07) is 2.06. The third-order valence-corrected chi connectivity index (χ3v) is 4.12. The Morgan fingerprint density at radius 1 is 1.20 bits per heavy atom. The number of morpholine rings is 1. The molecule has 2 N–H and O–H groups in total. The van der Waals surface area contributed by atoms with Gasteiger partial charge in [-0.25, -0.2) is 4.98 Å². The molecule has 3 heterocycles. The Balaban J connectivity index is 2.08. The number of hydrogen-bond acceptors (Lipinski definition) is 6. The van der Waals surface area contributed by atoms with Gasteiger partial charge in [0, 0.05) is 13.1 Å². The third-order valence-electron chi connectivity index (χ3n) is 3.32. The maximum atomic E-state index is 6.12. The van der Waals surface area contributed by atoms with E-state index in [2.05, 4.69) is 48.6 Å². The van der Waals surface area contributed by atoms with Gasteiger partial charge in [0.05, 0.1) is 16.6 Å². The number of thiophene rings is 1. The van der Waals surface area contributed by atoms with E-state index in [0.717, 1.165) is 29.1 Å². The number of aromatic nitrogens is 2. The summed E-state index contributed by atoms with van der Waals surface area (Å²) < 4.78 is 6.12. The molecule has 0 atom stereocenters. The highest BCUT2D eigenvalue weighted by atomic mass is 32.1. The van der Waals surface area contributed by atoms with Crippen LogP contribution in [0.25, 0.3) is 10.2 Å². The van der Waals surface area contributed by atoms with Gasteiger partial charge >= 0.3 is 0 Å². The first-order valence-corrected chi connectivity index (χ1v) is 7.60. The van der Waals surface area contributed by atoms with Gasteiger partial charge in [-0.2, -0.15) is 4.98 Å². The number of rotatable bonds is 1. The topological polar surface area (TPSA) is 64.3 Å². The Labute approximate surface area is 122 Å². The van der Waals surface area contributed by atoms with Crippen molar-refractivity contribution in [1.29, 1.82) is 0 Å². The molecule has 0 amide bonds. The molecule has 0 saturated carbocycles. The van der Waals surface area contributed by atoms with Crippen LogP contribution in [0.15, 0.2) is 11.4 Å². The molecular weight excluding hydrogens is 272 g/mol. The Hall–Kier alpha value is -1.40. The molecule has 1 saturated heterocycles. The second-order valence-electron chi connectivity index (χ2n) is 6.52. The monoisotopic (exact) mass is 292 g/mol. The minimum absolute atomic E-state index is 0.218. The van der Waals surface area contributed by atoms with Gasteiger partial charge in [-0.15, -0.1) is 11.3 Å². The summed E-state index contributed by atoms with van der Waals surface area (Å²) in [7, 11) is 0. The molecule has 0 unspecified atom stereocenters. The van der Waals surface area contributed by atoms with Crippen LogP contribution in [0.1, 0.15) is 27.7 Å². The summed E-state index contributed by atoms with van der Waals surface area (Å²) in [4.78, 5) is 12.0. The number of nitrogens with zero attached hydrogens (tertiary/aromatic N) is 3. The molecule has 0 spiro atoms. The highest BCUT2D eigenvalue weighted by molar-refractivity contribution is 7.16. The molecule has 0 aromatic carbocycles. The molecule has 6 heteroatoms. The minimum Gasteiger partial charge on any atom is -0.368 e. The second kappa shape index (κ2) is 4.30. The maximum absolute atomic E-state index is 6.12. The molecule has 3 rings (SSSR count). The lowest BCUT2D eigenvalue weighted by Crippen LogP contribution is -2.57. The van der Waals surface area contributed by atoms with Crippen LogP contribution in [0.2, 0.25) is 0 Å². The van der Waals surface area contributed by atoms with E-state index in [1.807, 2.05) is 5.38 Å². The Morgan fingerprint density at radius 3 is 2.50 bits per heavy atom. The van der Waals surface area contributed by atoms with Crippen molar-refractivity contribution in [3.63, 3.8) is 0 Å². The van der Waals surface area contributed by atoms with Crippen molar-refractivity contribution in [2.45, 2.75) is 38.9 Å². The molecular formula is C14H20N4OS. The SMILES string of the molecule is CC1(C)CN(c2nc(N)nc3sccc23)CC(C)(C)O1. The van der Waals surface area contributed by atoms with Crippen molar-refractivity contribution in [3.8, 4) is 0 Å². The van der Waals surface area contributed by atoms with E-state index < -0.39 is 0 Å². The normalized spacial score (nSPS) is 21.3. The number of hydrogen-bond donors (Lipinski definition) is 1. The molecule has 2 aromatic heterocycles. The summed E-state index contributed by atoms with van der Waals surface area (Å²) in [5, 5.41) is 3.09. The Bertz CT molecular complexity index is 634. The summed E-state index contributed by atoms with van der Waals surface area (Å²) in [6.07, 6.45) is 0. The van der Waals surface area contributed by atoms with Gasteiger partial charge in [-0.1, -0.05) is 0 Å². The fourth-order valence-corrected chi connectivity index (χ4v) is 3.80. The van der Waals surface area contributed by atoms with Gasteiger partial charge in [0.2, 0.25) is 5.95 Å². The molecule has 108 valence electrons. The van der Waals surface area contributed by atoms with Crippen molar-refractivity contribution in [2.75, 3.05) is 23.7 Å². The first kappa shape index (κ1) is 13.6. The molecule has 5 nitrogen and oxygen atoms in total. The molecule has 0 bridgehead atoms. The zero-order valence-corrected chi connectivity index (χ0v) is 13.1. The average Bonchev–Trinajstić information content (AvgIpc) is 2.71. The van der Waals surface area contributed by atoms with Crippen LogP contribution in [0.3, 0.4) is 0 Å². The van der Waals surface area contributed by atoms with Crippen molar-refractivity contribution in [1.82, 2.24) is 9.97 Å². The van der Waals surface area contributed by atoms with Crippen molar-refractivity contribution < 1.29 is 4.74 Å².